The number of carbonyl (C=O) groups excluding carboxylic acids is 4. The SMILES string of the molecule is CCOC(=O)C1=C(C)N(Cc2cccc(C(=O)N3CCC(C(=O)OCC)CC3)c2)C(=O)CC1c1cccc(C)c1. The fraction of sp³-hybridized carbons (Fsp3) is 0.438. The van der Waals surface area contributed by atoms with Gasteiger partial charge in [0.2, 0.25) is 5.91 Å². The number of aryl methyl sites for hydroxylation is 1. The average molecular weight is 547 g/mol. The number of rotatable bonds is 8. The molecule has 40 heavy (non-hydrogen) atoms. The minimum Gasteiger partial charge on any atom is -0.466 e. The van der Waals surface area contributed by atoms with E-state index >= 15 is 0 Å². The first-order chi connectivity index (χ1) is 19.2. The van der Waals surface area contributed by atoms with Crippen molar-refractivity contribution in [1.29, 1.82) is 0 Å². The molecule has 4 rings (SSSR count). The number of carbonyl (C=O) groups is 4. The van der Waals surface area contributed by atoms with E-state index in [1.807, 2.05) is 43.3 Å². The maximum atomic E-state index is 13.4. The van der Waals surface area contributed by atoms with Crippen LogP contribution in [0.1, 0.15) is 73.0 Å². The van der Waals surface area contributed by atoms with Gasteiger partial charge >= 0.3 is 11.9 Å². The van der Waals surface area contributed by atoms with Crippen molar-refractivity contribution >= 4 is 23.8 Å². The molecule has 2 aliphatic heterocycles. The predicted octanol–water partition coefficient (Wildman–Crippen LogP) is 4.76. The Bertz CT molecular complexity index is 1310. The van der Waals surface area contributed by atoms with Gasteiger partial charge in [-0.1, -0.05) is 42.0 Å². The molecule has 0 saturated carbocycles. The quantitative estimate of drug-likeness (QED) is 0.443. The molecule has 2 aromatic rings. The van der Waals surface area contributed by atoms with E-state index in [1.165, 1.54) is 0 Å². The van der Waals surface area contributed by atoms with Gasteiger partial charge in [0, 0.05) is 36.7 Å². The first-order valence-corrected chi connectivity index (χ1v) is 14.0. The maximum Gasteiger partial charge on any atom is 0.336 e. The summed E-state index contributed by atoms with van der Waals surface area (Å²) in [4.78, 5) is 55.2. The summed E-state index contributed by atoms with van der Waals surface area (Å²) in [6, 6.07) is 15.1. The van der Waals surface area contributed by atoms with Crippen molar-refractivity contribution in [3.05, 3.63) is 82.1 Å². The van der Waals surface area contributed by atoms with Gasteiger partial charge in [0.25, 0.3) is 5.91 Å². The molecule has 0 aromatic heterocycles. The number of amides is 2. The van der Waals surface area contributed by atoms with Crippen LogP contribution < -0.4 is 0 Å². The number of hydrogen-bond donors (Lipinski definition) is 0. The zero-order valence-electron chi connectivity index (χ0n) is 23.8. The second kappa shape index (κ2) is 12.9. The van der Waals surface area contributed by atoms with Crippen LogP contribution in [0.4, 0.5) is 0 Å². The van der Waals surface area contributed by atoms with Crippen molar-refractivity contribution in [1.82, 2.24) is 9.80 Å². The summed E-state index contributed by atoms with van der Waals surface area (Å²) in [5.74, 6) is -1.36. The number of benzene rings is 2. The molecule has 0 radical (unpaired) electrons. The number of nitrogens with zero attached hydrogens (tertiary/aromatic N) is 2. The molecule has 1 atom stereocenters. The van der Waals surface area contributed by atoms with E-state index in [1.54, 1.807) is 42.7 Å². The highest BCUT2D eigenvalue weighted by molar-refractivity contribution is 5.96. The summed E-state index contributed by atoms with van der Waals surface area (Å²) in [5, 5.41) is 0. The number of piperidine rings is 1. The molecule has 1 fully saturated rings. The number of esters is 2. The van der Waals surface area contributed by atoms with Gasteiger partial charge in [0.1, 0.15) is 0 Å². The van der Waals surface area contributed by atoms with Gasteiger partial charge < -0.3 is 19.3 Å². The van der Waals surface area contributed by atoms with Crippen LogP contribution >= 0.6 is 0 Å². The minimum atomic E-state index is -0.417. The second-order valence-electron chi connectivity index (χ2n) is 10.4. The van der Waals surface area contributed by atoms with Crippen LogP contribution in [0.25, 0.3) is 0 Å². The smallest absolute Gasteiger partial charge is 0.336 e. The molecule has 0 aliphatic carbocycles. The average Bonchev–Trinajstić information content (AvgIpc) is 2.95. The van der Waals surface area contributed by atoms with Crippen LogP contribution in [0, 0.1) is 12.8 Å². The van der Waals surface area contributed by atoms with Crippen LogP contribution in [0.2, 0.25) is 0 Å². The third kappa shape index (κ3) is 6.43. The van der Waals surface area contributed by atoms with Crippen molar-refractivity contribution < 1.29 is 28.7 Å². The largest absolute Gasteiger partial charge is 0.466 e. The Morgan fingerprint density at radius 3 is 2.30 bits per heavy atom. The summed E-state index contributed by atoms with van der Waals surface area (Å²) in [5.41, 5.74) is 4.34. The molecule has 1 unspecified atom stereocenters. The van der Waals surface area contributed by atoms with Gasteiger partial charge in [0.05, 0.1) is 31.2 Å². The first-order valence-electron chi connectivity index (χ1n) is 14.0. The lowest BCUT2D eigenvalue weighted by atomic mass is 9.83. The Hall–Kier alpha value is -3.94. The highest BCUT2D eigenvalue weighted by Gasteiger charge is 2.37. The van der Waals surface area contributed by atoms with Gasteiger partial charge in [-0.3, -0.25) is 14.4 Å². The van der Waals surface area contributed by atoms with Crippen LogP contribution in [0.15, 0.2) is 59.8 Å². The monoisotopic (exact) mass is 546 g/mol. The van der Waals surface area contributed by atoms with Crippen LogP contribution in [0.5, 0.6) is 0 Å². The van der Waals surface area contributed by atoms with Crippen molar-refractivity contribution in [2.24, 2.45) is 5.92 Å². The molecule has 2 aliphatic rings. The third-order valence-corrected chi connectivity index (χ3v) is 7.68. The number of ether oxygens (including phenoxy) is 2. The van der Waals surface area contributed by atoms with Crippen LogP contribution in [0.3, 0.4) is 0 Å². The Morgan fingerprint density at radius 1 is 0.925 bits per heavy atom. The Balaban J connectivity index is 1.54. The van der Waals surface area contributed by atoms with Gasteiger partial charge in [-0.2, -0.15) is 0 Å². The molecule has 8 heteroatoms. The highest BCUT2D eigenvalue weighted by Crippen LogP contribution is 2.38. The molecular weight excluding hydrogens is 508 g/mol. The van der Waals surface area contributed by atoms with E-state index < -0.39 is 5.97 Å². The molecule has 0 bridgehead atoms. The van der Waals surface area contributed by atoms with Crippen molar-refractivity contribution in [3.63, 3.8) is 0 Å². The molecular formula is C32H38N2O6. The van der Waals surface area contributed by atoms with Crippen molar-refractivity contribution in [2.75, 3.05) is 26.3 Å². The third-order valence-electron chi connectivity index (χ3n) is 7.68. The second-order valence-corrected chi connectivity index (χ2v) is 10.4. The van der Waals surface area contributed by atoms with E-state index in [4.69, 9.17) is 9.47 Å². The zero-order valence-corrected chi connectivity index (χ0v) is 23.8. The lowest BCUT2D eigenvalue weighted by Gasteiger charge is -2.35. The predicted molar refractivity (Wildman–Crippen MR) is 150 cm³/mol. The minimum absolute atomic E-state index is 0.0881. The van der Waals surface area contributed by atoms with E-state index in [0.29, 0.717) is 49.4 Å². The number of hydrogen-bond acceptors (Lipinski definition) is 6. The molecule has 0 spiro atoms. The summed E-state index contributed by atoms with van der Waals surface area (Å²) >= 11 is 0. The molecule has 2 aromatic carbocycles. The topological polar surface area (TPSA) is 93.2 Å². The Labute approximate surface area is 235 Å². The lowest BCUT2D eigenvalue weighted by Crippen LogP contribution is -2.40. The fourth-order valence-electron chi connectivity index (χ4n) is 5.59. The Kier molecular flexibility index (Phi) is 9.40. The van der Waals surface area contributed by atoms with E-state index in [9.17, 15) is 19.2 Å². The molecule has 2 heterocycles. The summed E-state index contributed by atoms with van der Waals surface area (Å²) < 4.78 is 10.5. The number of likely N-dealkylation sites (tertiary alicyclic amines) is 1. The zero-order chi connectivity index (χ0) is 28.8. The van der Waals surface area contributed by atoms with Crippen LogP contribution in [-0.4, -0.2) is 59.9 Å². The molecule has 8 nitrogen and oxygen atoms in total. The fourth-order valence-corrected chi connectivity index (χ4v) is 5.59. The van der Waals surface area contributed by atoms with Gasteiger partial charge in [-0.25, -0.2) is 4.79 Å². The van der Waals surface area contributed by atoms with Crippen molar-refractivity contribution in [3.8, 4) is 0 Å². The molecule has 2 amide bonds. The Morgan fingerprint density at radius 2 is 1.62 bits per heavy atom. The van der Waals surface area contributed by atoms with Gasteiger partial charge in [-0.05, 0) is 63.8 Å². The highest BCUT2D eigenvalue weighted by atomic mass is 16.5. The van der Waals surface area contributed by atoms with E-state index in [2.05, 4.69) is 0 Å². The van der Waals surface area contributed by atoms with Crippen molar-refractivity contribution in [2.45, 2.75) is 59.4 Å². The lowest BCUT2D eigenvalue weighted by molar-refractivity contribution is -0.149. The standard InChI is InChI=1S/C32H38N2O6/c1-5-39-31(37)24-13-15-33(16-14-24)30(36)26-12-8-10-23(18-26)20-34-22(4)29(32(38)40-6-2)27(19-28(34)35)25-11-7-9-21(3)17-25/h7-12,17-18,24,27H,5-6,13-16,19-20H2,1-4H3. The van der Waals surface area contributed by atoms with E-state index in [-0.39, 0.29) is 49.2 Å². The van der Waals surface area contributed by atoms with Crippen LogP contribution in [-0.2, 0) is 30.4 Å². The van der Waals surface area contributed by atoms with Gasteiger partial charge in [0.15, 0.2) is 0 Å². The first kappa shape index (κ1) is 29.1. The number of allylic oxidation sites excluding steroid dienone is 1. The van der Waals surface area contributed by atoms with E-state index in [0.717, 1.165) is 16.7 Å². The molecule has 0 N–H and O–H groups in total. The molecule has 1 saturated heterocycles. The van der Waals surface area contributed by atoms with Gasteiger partial charge in [-0.15, -0.1) is 0 Å². The maximum absolute atomic E-state index is 13.4. The molecule has 212 valence electrons. The summed E-state index contributed by atoms with van der Waals surface area (Å²) in [7, 11) is 0. The summed E-state index contributed by atoms with van der Waals surface area (Å²) in [6.45, 7) is 9.14. The normalized spacial score (nSPS) is 18.1. The summed E-state index contributed by atoms with van der Waals surface area (Å²) in [6.07, 6.45) is 1.31.